The Morgan fingerprint density at radius 3 is 2.78 bits per heavy atom. The summed E-state index contributed by atoms with van der Waals surface area (Å²) in [6, 6.07) is 4.42. The van der Waals surface area contributed by atoms with E-state index in [9.17, 15) is 9.59 Å². The Balaban J connectivity index is 2.14. The third kappa shape index (κ3) is 1.42. The number of urea groups is 1. The summed E-state index contributed by atoms with van der Waals surface area (Å²) in [6.45, 7) is 0. The summed E-state index contributed by atoms with van der Waals surface area (Å²) < 4.78 is 5.23. The van der Waals surface area contributed by atoms with Gasteiger partial charge in [0, 0.05) is 17.1 Å². The monoisotopic (exact) mass is 245 g/mol. The minimum absolute atomic E-state index is 0.344. The van der Waals surface area contributed by atoms with Crippen LogP contribution in [0, 0.1) is 0 Å². The maximum atomic E-state index is 11.6. The van der Waals surface area contributed by atoms with Gasteiger partial charge in [0.25, 0.3) is 5.91 Å². The van der Waals surface area contributed by atoms with Gasteiger partial charge in [0.1, 0.15) is 11.8 Å². The van der Waals surface area contributed by atoms with Gasteiger partial charge in [0.15, 0.2) is 0 Å². The first-order chi connectivity index (χ1) is 8.70. The molecule has 1 aromatic carbocycles. The molecule has 1 aromatic heterocycles. The Labute approximate surface area is 102 Å². The number of carbonyl (C=O) groups is 2. The summed E-state index contributed by atoms with van der Waals surface area (Å²) in [5.74, 6) is 0.354. The van der Waals surface area contributed by atoms with Crippen LogP contribution in [0.5, 0.6) is 5.75 Å². The number of H-pyrrole nitrogens is 1. The van der Waals surface area contributed by atoms with Gasteiger partial charge in [0.2, 0.25) is 0 Å². The summed E-state index contributed by atoms with van der Waals surface area (Å²) in [6.07, 6.45) is 1.71. The number of ether oxygens (including phenoxy) is 1. The summed E-state index contributed by atoms with van der Waals surface area (Å²) in [5.41, 5.74) is 1.54. The molecule has 1 fully saturated rings. The van der Waals surface area contributed by atoms with Crippen molar-refractivity contribution in [2.45, 2.75) is 6.04 Å². The van der Waals surface area contributed by atoms with E-state index in [4.69, 9.17) is 4.74 Å². The Bertz CT molecular complexity index is 647. The molecule has 0 bridgehead atoms. The molecule has 1 unspecified atom stereocenters. The molecule has 18 heavy (non-hydrogen) atoms. The first-order valence-electron chi connectivity index (χ1n) is 5.46. The second-order valence-corrected chi connectivity index (χ2v) is 4.02. The maximum absolute atomic E-state index is 11.6. The zero-order valence-electron chi connectivity index (χ0n) is 9.61. The molecular formula is C12H11N3O3. The van der Waals surface area contributed by atoms with E-state index >= 15 is 0 Å². The van der Waals surface area contributed by atoms with Crippen LogP contribution in [-0.2, 0) is 4.79 Å². The van der Waals surface area contributed by atoms with Crippen molar-refractivity contribution in [2.24, 2.45) is 0 Å². The Kier molecular flexibility index (Phi) is 2.22. The van der Waals surface area contributed by atoms with Crippen molar-refractivity contribution in [3.63, 3.8) is 0 Å². The molecule has 2 aromatic rings. The lowest BCUT2D eigenvalue weighted by Gasteiger charge is -2.06. The average Bonchev–Trinajstić information content (AvgIpc) is 2.91. The third-order valence-corrected chi connectivity index (χ3v) is 3.01. The van der Waals surface area contributed by atoms with Gasteiger partial charge in [-0.1, -0.05) is 12.1 Å². The molecule has 3 N–H and O–H groups in total. The third-order valence-electron chi connectivity index (χ3n) is 3.01. The summed E-state index contributed by atoms with van der Waals surface area (Å²) in [7, 11) is 1.58. The van der Waals surface area contributed by atoms with Crippen LogP contribution in [0.25, 0.3) is 10.9 Å². The van der Waals surface area contributed by atoms with Gasteiger partial charge >= 0.3 is 6.03 Å². The topological polar surface area (TPSA) is 83.2 Å². The molecule has 0 spiro atoms. The van der Waals surface area contributed by atoms with Gasteiger partial charge in [-0.15, -0.1) is 0 Å². The molecule has 1 aliphatic rings. The number of methoxy groups -OCH3 is 1. The van der Waals surface area contributed by atoms with E-state index in [1.54, 1.807) is 13.3 Å². The Hall–Kier alpha value is -2.50. The molecule has 0 saturated carbocycles. The fourth-order valence-electron chi connectivity index (χ4n) is 2.19. The van der Waals surface area contributed by atoms with Crippen molar-refractivity contribution < 1.29 is 14.3 Å². The molecule has 3 amide bonds. The first kappa shape index (κ1) is 10.6. The fourth-order valence-corrected chi connectivity index (χ4v) is 2.19. The van der Waals surface area contributed by atoms with E-state index in [1.165, 1.54) is 0 Å². The van der Waals surface area contributed by atoms with E-state index in [-0.39, 0.29) is 5.91 Å². The number of aromatic amines is 1. The first-order valence-corrected chi connectivity index (χ1v) is 5.46. The van der Waals surface area contributed by atoms with Crippen molar-refractivity contribution in [1.29, 1.82) is 0 Å². The molecule has 1 aliphatic heterocycles. The van der Waals surface area contributed by atoms with Crippen LogP contribution >= 0.6 is 0 Å². The average molecular weight is 245 g/mol. The lowest BCUT2D eigenvalue weighted by molar-refractivity contribution is -0.120. The minimum Gasteiger partial charge on any atom is -0.495 e. The lowest BCUT2D eigenvalue weighted by atomic mass is 10.1. The van der Waals surface area contributed by atoms with Gasteiger partial charge in [0.05, 0.1) is 12.6 Å². The van der Waals surface area contributed by atoms with E-state index in [2.05, 4.69) is 15.6 Å². The lowest BCUT2D eigenvalue weighted by Crippen LogP contribution is -2.22. The largest absolute Gasteiger partial charge is 0.495 e. The van der Waals surface area contributed by atoms with Crippen molar-refractivity contribution in [1.82, 2.24) is 15.6 Å². The number of imide groups is 1. The number of benzene rings is 1. The molecule has 3 rings (SSSR count). The highest BCUT2D eigenvalue weighted by Crippen LogP contribution is 2.31. The van der Waals surface area contributed by atoms with E-state index < -0.39 is 12.1 Å². The summed E-state index contributed by atoms with van der Waals surface area (Å²) >= 11 is 0. The highest BCUT2D eigenvalue weighted by Gasteiger charge is 2.32. The number of nitrogens with one attached hydrogen (secondary N) is 3. The van der Waals surface area contributed by atoms with Crippen LogP contribution < -0.4 is 15.4 Å². The quantitative estimate of drug-likeness (QED) is 0.692. The van der Waals surface area contributed by atoms with Crippen molar-refractivity contribution in [3.8, 4) is 5.75 Å². The molecule has 92 valence electrons. The second-order valence-electron chi connectivity index (χ2n) is 4.02. The zero-order valence-corrected chi connectivity index (χ0v) is 9.61. The van der Waals surface area contributed by atoms with Crippen molar-refractivity contribution >= 4 is 22.8 Å². The van der Waals surface area contributed by atoms with E-state index in [0.717, 1.165) is 16.5 Å². The number of rotatable bonds is 2. The van der Waals surface area contributed by atoms with E-state index in [0.29, 0.717) is 5.75 Å². The van der Waals surface area contributed by atoms with Gasteiger partial charge in [-0.05, 0) is 6.07 Å². The highest BCUT2D eigenvalue weighted by atomic mass is 16.5. The van der Waals surface area contributed by atoms with Crippen LogP contribution in [0.15, 0.2) is 24.4 Å². The van der Waals surface area contributed by atoms with Gasteiger partial charge < -0.3 is 15.0 Å². The zero-order chi connectivity index (χ0) is 12.7. The fraction of sp³-hybridized carbons (Fsp3) is 0.167. The molecule has 0 aliphatic carbocycles. The van der Waals surface area contributed by atoms with E-state index in [1.807, 2.05) is 18.2 Å². The smallest absolute Gasteiger partial charge is 0.322 e. The van der Waals surface area contributed by atoms with Crippen LogP contribution in [0.3, 0.4) is 0 Å². The SMILES string of the molecule is COc1cccc2c(C3NC(=O)NC3=O)c[nH]c12. The summed E-state index contributed by atoms with van der Waals surface area (Å²) in [4.78, 5) is 25.8. The minimum atomic E-state index is -0.654. The normalized spacial score (nSPS) is 18.8. The van der Waals surface area contributed by atoms with Gasteiger partial charge in [-0.3, -0.25) is 10.1 Å². The number of fused-ring (bicyclic) bond motifs is 1. The van der Waals surface area contributed by atoms with Crippen LogP contribution in [-0.4, -0.2) is 24.0 Å². The predicted molar refractivity (Wildman–Crippen MR) is 64.3 cm³/mol. The second kappa shape index (κ2) is 3.76. The predicted octanol–water partition coefficient (Wildman–Crippen LogP) is 1.06. The number of amides is 3. The number of carbonyl (C=O) groups excluding carboxylic acids is 2. The van der Waals surface area contributed by atoms with Crippen LogP contribution in [0.1, 0.15) is 11.6 Å². The molecule has 2 heterocycles. The van der Waals surface area contributed by atoms with Crippen molar-refractivity contribution in [2.75, 3.05) is 7.11 Å². The Morgan fingerprint density at radius 1 is 1.28 bits per heavy atom. The molecule has 6 nitrogen and oxygen atoms in total. The molecule has 1 atom stereocenters. The number of hydrogen-bond donors (Lipinski definition) is 3. The summed E-state index contributed by atoms with van der Waals surface area (Å²) in [5, 5.41) is 5.65. The van der Waals surface area contributed by atoms with Crippen LogP contribution in [0.2, 0.25) is 0 Å². The molecular weight excluding hydrogens is 234 g/mol. The highest BCUT2D eigenvalue weighted by molar-refractivity contribution is 6.06. The molecule has 0 radical (unpaired) electrons. The van der Waals surface area contributed by atoms with Gasteiger partial charge in [-0.25, -0.2) is 4.79 Å². The number of para-hydroxylation sites is 1. The number of hydrogen-bond acceptors (Lipinski definition) is 3. The van der Waals surface area contributed by atoms with Crippen molar-refractivity contribution in [3.05, 3.63) is 30.0 Å². The molecule has 6 heteroatoms. The Morgan fingerprint density at radius 2 is 2.11 bits per heavy atom. The standard InChI is InChI=1S/C12H11N3O3/c1-18-8-4-2-3-6-7(5-13-9(6)8)10-11(16)15-12(17)14-10/h2-5,10,13H,1H3,(H2,14,15,16,17). The van der Waals surface area contributed by atoms with Crippen LogP contribution in [0.4, 0.5) is 4.79 Å². The molecule has 1 saturated heterocycles. The number of aromatic nitrogens is 1. The van der Waals surface area contributed by atoms with Gasteiger partial charge in [-0.2, -0.15) is 0 Å². The maximum Gasteiger partial charge on any atom is 0.322 e.